The van der Waals surface area contributed by atoms with Gasteiger partial charge in [-0.05, 0) is 45.2 Å². The maximum Gasteiger partial charge on any atom is 0.241 e. The third-order valence-electron chi connectivity index (χ3n) is 3.25. The monoisotopic (exact) mass is 277 g/mol. The highest BCUT2D eigenvalue weighted by Gasteiger charge is 2.16. The summed E-state index contributed by atoms with van der Waals surface area (Å²) < 4.78 is 5.67. The van der Waals surface area contributed by atoms with E-state index in [4.69, 9.17) is 4.74 Å². The molecule has 110 valence electrons. The first-order valence-electron chi connectivity index (χ1n) is 7.30. The quantitative estimate of drug-likeness (QED) is 0.897. The van der Waals surface area contributed by atoms with Crippen molar-refractivity contribution >= 4 is 11.7 Å². The molecule has 0 bridgehead atoms. The van der Waals surface area contributed by atoms with Crippen LogP contribution in [0.2, 0.25) is 0 Å². The van der Waals surface area contributed by atoms with Gasteiger partial charge in [-0.15, -0.1) is 0 Å². The fraction of sp³-hybridized carbons (Fsp3) is 0.600. The van der Waals surface area contributed by atoms with Crippen LogP contribution in [0.3, 0.4) is 0 Å². The highest BCUT2D eigenvalue weighted by molar-refractivity contribution is 5.81. The molecule has 0 aromatic carbocycles. The van der Waals surface area contributed by atoms with Crippen LogP contribution in [0.25, 0.3) is 0 Å². The number of aromatic nitrogens is 1. The molecule has 0 spiro atoms. The van der Waals surface area contributed by atoms with Crippen molar-refractivity contribution in [3.63, 3.8) is 0 Å². The Labute approximate surface area is 120 Å². The van der Waals surface area contributed by atoms with Gasteiger partial charge in [0.05, 0.1) is 12.6 Å². The third-order valence-corrected chi connectivity index (χ3v) is 3.25. The van der Waals surface area contributed by atoms with Gasteiger partial charge in [0.2, 0.25) is 5.91 Å². The van der Waals surface area contributed by atoms with E-state index in [1.807, 2.05) is 30.9 Å². The summed E-state index contributed by atoms with van der Waals surface area (Å²) in [7, 11) is 0. The second-order valence-electron chi connectivity index (χ2n) is 5.31. The van der Waals surface area contributed by atoms with Crippen molar-refractivity contribution in [1.82, 2.24) is 9.88 Å². The first-order chi connectivity index (χ1) is 9.66. The molecule has 20 heavy (non-hydrogen) atoms. The molecule has 1 aromatic heterocycles. The number of anilines is 1. The maximum atomic E-state index is 12.1. The third kappa shape index (κ3) is 4.11. The fourth-order valence-corrected chi connectivity index (χ4v) is 2.29. The molecular weight excluding hydrogens is 254 g/mol. The van der Waals surface area contributed by atoms with Gasteiger partial charge in [-0.3, -0.25) is 4.79 Å². The number of carbonyl (C=O) groups excluding carboxylic acids is 1. The number of nitrogens with one attached hydrogen (secondary N) is 1. The van der Waals surface area contributed by atoms with Crippen LogP contribution in [0.5, 0.6) is 5.75 Å². The predicted molar refractivity (Wildman–Crippen MR) is 78.9 cm³/mol. The Balaban J connectivity index is 1.91. The lowest BCUT2D eigenvalue weighted by Crippen LogP contribution is -2.39. The maximum absolute atomic E-state index is 12.1. The predicted octanol–water partition coefficient (Wildman–Crippen LogP) is 2.29. The molecule has 0 unspecified atom stereocenters. The molecular formula is C15H23N3O2. The van der Waals surface area contributed by atoms with Crippen molar-refractivity contribution in [2.45, 2.75) is 39.2 Å². The number of pyridine rings is 1. The molecule has 1 saturated heterocycles. The largest absolute Gasteiger partial charge is 0.487 e. The molecule has 1 aliphatic heterocycles. The van der Waals surface area contributed by atoms with Gasteiger partial charge in [-0.2, -0.15) is 0 Å². The summed E-state index contributed by atoms with van der Waals surface area (Å²) in [6.07, 6.45) is 5.22. The summed E-state index contributed by atoms with van der Waals surface area (Å²) in [6, 6.07) is 3.69. The molecule has 0 atom stereocenters. The normalized spacial score (nSPS) is 15.2. The Morgan fingerprint density at radius 2 is 2.15 bits per heavy atom. The summed E-state index contributed by atoms with van der Waals surface area (Å²) in [5, 5.41) is 3.09. The minimum Gasteiger partial charge on any atom is -0.487 e. The number of piperidine rings is 1. The van der Waals surface area contributed by atoms with Gasteiger partial charge >= 0.3 is 0 Å². The highest BCUT2D eigenvalue weighted by Crippen LogP contribution is 2.22. The first kappa shape index (κ1) is 14.6. The summed E-state index contributed by atoms with van der Waals surface area (Å²) in [6.45, 7) is 5.95. The van der Waals surface area contributed by atoms with E-state index in [2.05, 4.69) is 10.3 Å². The van der Waals surface area contributed by atoms with Crippen molar-refractivity contribution in [1.29, 1.82) is 0 Å². The second kappa shape index (κ2) is 7.12. The number of hydrogen-bond acceptors (Lipinski definition) is 4. The Bertz CT molecular complexity index is 442. The van der Waals surface area contributed by atoms with E-state index < -0.39 is 0 Å². The molecule has 2 rings (SSSR count). The molecule has 1 aliphatic rings. The van der Waals surface area contributed by atoms with E-state index in [0.717, 1.165) is 25.9 Å². The van der Waals surface area contributed by atoms with Gasteiger partial charge in [-0.1, -0.05) is 0 Å². The van der Waals surface area contributed by atoms with E-state index >= 15 is 0 Å². The van der Waals surface area contributed by atoms with Crippen LogP contribution in [0, 0.1) is 0 Å². The number of rotatable bonds is 5. The Hall–Kier alpha value is -1.78. The lowest BCUT2D eigenvalue weighted by Gasteiger charge is -2.27. The lowest BCUT2D eigenvalue weighted by molar-refractivity contribution is -0.130. The molecule has 5 nitrogen and oxygen atoms in total. The lowest BCUT2D eigenvalue weighted by atomic mass is 10.1. The van der Waals surface area contributed by atoms with Crippen molar-refractivity contribution < 1.29 is 9.53 Å². The summed E-state index contributed by atoms with van der Waals surface area (Å²) >= 11 is 0. The molecule has 1 aromatic rings. The first-order valence-corrected chi connectivity index (χ1v) is 7.30. The molecule has 1 fully saturated rings. The summed E-state index contributed by atoms with van der Waals surface area (Å²) in [4.78, 5) is 18.3. The van der Waals surface area contributed by atoms with Gasteiger partial charge in [-0.25, -0.2) is 4.98 Å². The van der Waals surface area contributed by atoms with Crippen LogP contribution >= 0.6 is 0 Å². The highest BCUT2D eigenvalue weighted by atomic mass is 16.5. The van der Waals surface area contributed by atoms with E-state index in [-0.39, 0.29) is 18.6 Å². The van der Waals surface area contributed by atoms with Gasteiger partial charge in [0.1, 0.15) is 0 Å². The minimum atomic E-state index is 0.0811. The van der Waals surface area contributed by atoms with Crippen LogP contribution < -0.4 is 10.1 Å². The number of ether oxygens (including phenoxy) is 1. The molecule has 0 saturated carbocycles. The van der Waals surface area contributed by atoms with Crippen molar-refractivity contribution in [2.24, 2.45) is 0 Å². The molecule has 5 heteroatoms. The van der Waals surface area contributed by atoms with Crippen LogP contribution in [0.1, 0.15) is 33.1 Å². The van der Waals surface area contributed by atoms with Crippen LogP contribution in [0.4, 0.5) is 5.82 Å². The standard InChI is InChI=1S/C15H23N3O2/c1-12(2)20-13-7-6-8-16-15(13)17-11-14(19)18-9-4-3-5-10-18/h6-8,12H,3-5,9-11H2,1-2H3,(H,16,17). The molecule has 1 amide bonds. The van der Waals surface area contributed by atoms with E-state index in [1.54, 1.807) is 6.20 Å². The van der Waals surface area contributed by atoms with Crippen LogP contribution in [0.15, 0.2) is 18.3 Å². The fourth-order valence-electron chi connectivity index (χ4n) is 2.29. The average molecular weight is 277 g/mol. The van der Waals surface area contributed by atoms with Crippen molar-refractivity contribution in [3.8, 4) is 5.75 Å². The van der Waals surface area contributed by atoms with E-state index in [1.165, 1.54) is 6.42 Å². The Morgan fingerprint density at radius 3 is 2.85 bits per heavy atom. The zero-order valence-corrected chi connectivity index (χ0v) is 12.3. The number of amides is 1. The minimum absolute atomic E-state index is 0.0811. The van der Waals surface area contributed by atoms with Crippen LogP contribution in [-0.4, -0.2) is 41.5 Å². The molecule has 1 N–H and O–H groups in total. The number of carbonyl (C=O) groups is 1. The van der Waals surface area contributed by atoms with Crippen LogP contribution in [-0.2, 0) is 4.79 Å². The Kier molecular flexibility index (Phi) is 5.21. The molecule has 0 radical (unpaired) electrons. The van der Waals surface area contributed by atoms with Gasteiger partial charge in [0.25, 0.3) is 0 Å². The SMILES string of the molecule is CC(C)Oc1cccnc1NCC(=O)N1CCCCC1. The zero-order chi connectivity index (χ0) is 14.4. The molecule has 0 aliphatic carbocycles. The average Bonchev–Trinajstić information content (AvgIpc) is 2.46. The van der Waals surface area contributed by atoms with Gasteiger partial charge < -0.3 is 15.0 Å². The topological polar surface area (TPSA) is 54.5 Å². The summed E-state index contributed by atoms with van der Waals surface area (Å²) in [5.74, 6) is 1.45. The van der Waals surface area contributed by atoms with E-state index in [9.17, 15) is 4.79 Å². The number of likely N-dealkylation sites (tertiary alicyclic amines) is 1. The van der Waals surface area contributed by atoms with Gasteiger partial charge in [0.15, 0.2) is 11.6 Å². The van der Waals surface area contributed by atoms with Crippen molar-refractivity contribution in [2.75, 3.05) is 25.0 Å². The Morgan fingerprint density at radius 1 is 1.40 bits per heavy atom. The zero-order valence-electron chi connectivity index (χ0n) is 12.3. The number of hydrogen-bond donors (Lipinski definition) is 1. The van der Waals surface area contributed by atoms with E-state index in [0.29, 0.717) is 11.6 Å². The molecule has 2 heterocycles. The van der Waals surface area contributed by atoms with Gasteiger partial charge in [0, 0.05) is 19.3 Å². The summed E-state index contributed by atoms with van der Waals surface area (Å²) in [5.41, 5.74) is 0. The van der Waals surface area contributed by atoms with Crippen molar-refractivity contribution in [3.05, 3.63) is 18.3 Å². The number of nitrogens with zero attached hydrogens (tertiary/aromatic N) is 2. The smallest absolute Gasteiger partial charge is 0.241 e. The second-order valence-corrected chi connectivity index (χ2v) is 5.31.